The van der Waals surface area contributed by atoms with E-state index >= 15 is 0 Å². The van der Waals surface area contributed by atoms with E-state index in [4.69, 9.17) is 9.15 Å². The molecule has 3 heterocycles. The zero-order valence-electron chi connectivity index (χ0n) is 13.9. The monoisotopic (exact) mass is 329 g/mol. The first-order valence-corrected chi connectivity index (χ1v) is 8.70. The van der Waals surface area contributed by atoms with Crippen LogP contribution in [0, 0.1) is 12.8 Å². The molecule has 2 aliphatic heterocycles. The van der Waals surface area contributed by atoms with Crippen molar-refractivity contribution >= 4 is 16.9 Å². The summed E-state index contributed by atoms with van der Waals surface area (Å²) in [4.78, 5) is 14.8. The summed E-state index contributed by atoms with van der Waals surface area (Å²) in [5, 5.41) is 11.3. The topological polar surface area (TPSA) is 62.9 Å². The minimum atomic E-state index is -0.393. The molecule has 1 aromatic heterocycles. The maximum absolute atomic E-state index is 13.0. The molecule has 1 aromatic carbocycles. The smallest absolute Gasteiger partial charge is 0.289 e. The number of carbonyl (C=O) groups is 1. The van der Waals surface area contributed by atoms with Gasteiger partial charge in [-0.2, -0.15) is 0 Å². The molecule has 24 heavy (non-hydrogen) atoms. The molecule has 2 fully saturated rings. The summed E-state index contributed by atoms with van der Waals surface area (Å²) in [6, 6.07) is 7.77. The van der Waals surface area contributed by atoms with Gasteiger partial charge in [-0.3, -0.25) is 4.79 Å². The third-order valence-corrected chi connectivity index (χ3v) is 5.30. The summed E-state index contributed by atoms with van der Waals surface area (Å²) >= 11 is 0. The molecule has 2 aromatic rings. The van der Waals surface area contributed by atoms with Crippen molar-refractivity contribution in [3.8, 4) is 0 Å². The van der Waals surface area contributed by atoms with Crippen LogP contribution >= 0.6 is 0 Å². The van der Waals surface area contributed by atoms with Crippen LogP contribution in [-0.2, 0) is 4.74 Å². The number of ether oxygens (including phenoxy) is 1. The Balaban J connectivity index is 1.59. The van der Waals surface area contributed by atoms with Gasteiger partial charge in [-0.1, -0.05) is 11.6 Å². The Morgan fingerprint density at radius 1 is 1.29 bits per heavy atom. The largest absolute Gasteiger partial charge is 0.451 e. The number of fused-ring (bicyclic) bond motifs is 1. The van der Waals surface area contributed by atoms with Crippen LogP contribution in [0.5, 0.6) is 0 Å². The fraction of sp³-hybridized carbons (Fsp3) is 0.526. The maximum Gasteiger partial charge on any atom is 0.289 e. The summed E-state index contributed by atoms with van der Waals surface area (Å²) in [6.07, 6.45) is 2.12. The van der Waals surface area contributed by atoms with Crippen molar-refractivity contribution in [2.45, 2.75) is 38.3 Å². The number of rotatable bonds is 2. The van der Waals surface area contributed by atoms with Crippen LogP contribution < -0.4 is 0 Å². The lowest BCUT2D eigenvalue weighted by Gasteiger charge is -2.36. The number of aliphatic hydroxyl groups is 1. The predicted octanol–water partition coefficient (Wildman–Crippen LogP) is 2.74. The third kappa shape index (κ3) is 2.72. The fourth-order valence-corrected chi connectivity index (χ4v) is 4.02. The second-order valence-electron chi connectivity index (χ2n) is 6.95. The number of furan rings is 1. The second kappa shape index (κ2) is 6.22. The summed E-state index contributed by atoms with van der Waals surface area (Å²) in [5.74, 6) is 0.301. The molecule has 5 heteroatoms. The number of nitrogens with zero attached hydrogens (tertiary/aromatic N) is 1. The van der Waals surface area contributed by atoms with Gasteiger partial charge in [-0.05, 0) is 44.4 Å². The van der Waals surface area contributed by atoms with Crippen LogP contribution in [0.1, 0.15) is 35.4 Å². The second-order valence-corrected chi connectivity index (χ2v) is 6.95. The van der Waals surface area contributed by atoms with E-state index in [-0.39, 0.29) is 17.9 Å². The van der Waals surface area contributed by atoms with E-state index in [1.54, 1.807) is 0 Å². The summed E-state index contributed by atoms with van der Waals surface area (Å²) in [5.41, 5.74) is 1.88. The highest BCUT2D eigenvalue weighted by Crippen LogP contribution is 2.32. The summed E-state index contributed by atoms with van der Waals surface area (Å²) in [6.45, 7) is 3.86. The molecule has 2 aliphatic rings. The van der Waals surface area contributed by atoms with E-state index in [9.17, 15) is 9.90 Å². The number of hydrogen-bond donors (Lipinski definition) is 1. The van der Waals surface area contributed by atoms with E-state index in [0.717, 1.165) is 29.4 Å². The quantitative estimate of drug-likeness (QED) is 0.920. The lowest BCUT2D eigenvalue weighted by atomic mass is 9.89. The molecule has 5 nitrogen and oxygen atoms in total. The Kier molecular flexibility index (Phi) is 4.06. The van der Waals surface area contributed by atoms with Gasteiger partial charge in [0.25, 0.3) is 5.91 Å². The van der Waals surface area contributed by atoms with Gasteiger partial charge >= 0.3 is 0 Å². The molecule has 1 amide bonds. The highest BCUT2D eigenvalue weighted by molar-refractivity contribution is 5.96. The molecule has 1 N–H and O–H groups in total. The first-order chi connectivity index (χ1) is 11.6. The zero-order chi connectivity index (χ0) is 16.7. The predicted molar refractivity (Wildman–Crippen MR) is 89.9 cm³/mol. The molecule has 0 unspecified atom stereocenters. The van der Waals surface area contributed by atoms with E-state index < -0.39 is 6.10 Å². The van der Waals surface area contributed by atoms with Gasteiger partial charge in [0.15, 0.2) is 5.76 Å². The average Bonchev–Trinajstić information content (AvgIpc) is 3.20. The zero-order valence-corrected chi connectivity index (χ0v) is 13.9. The summed E-state index contributed by atoms with van der Waals surface area (Å²) < 4.78 is 11.3. The lowest BCUT2D eigenvalue weighted by Crippen LogP contribution is -2.48. The molecule has 128 valence electrons. The Morgan fingerprint density at radius 2 is 2.17 bits per heavy atom. The van der Waals surface area contributed by atoms with E-state index in [1.807, 2.05) is 36.1 Å². The van der Waals surface area contributed by atoms with Crippen molar-refractivity contribution in [2.75, 3.05) is 19.8 Å². The van der Waals surface area contributed by atoms with Gasteiger partial charge in [0.2, 0.25) is 0 Å². The first kappa shape index (κ1) is 15.7. The average molecular weight is 329 g/mol. The minimum absolute atomic E-state index is 0.00294. The maximum atomic E-state index is 13.0. The lowest BCUT2D eigenvalue weighted by molar-refractivity contribution is -0.0591. The molecular formula is C19H23NO4. The normalized spacial score (nSPS) is 27.8. The highest BCUT2D eigenvalue weighted by atomic mass is 16.5. The molecular weight excluding hydrogens is 306 g/mol. The SMILES string of the molecule is Cc1ccc2oc(C(=O)N3CCC[C@@H]3[C@H]3COCC[C@@H]3O)cc2c1. The van der Waals surface area contributed by atoms with Gasteiger partial charge in [-0.15, -0.1) is 0 Å². The molecule has 2 saturated heterocycles. The third-order valence-electron chi connectivity index (χ3n) is 5.30. The van der Waals surface area contributed by atoms with E-state index in [0.29, 0.717) is 31.9 Å². The van der Waals surface area contributed by atoms with Gasteiger partial charge in [-0.25, -0.2) is 0 Å². The van der Waals surface area contributed by atoms with Crippen LogP contribution in [0.15, 0.2) is 28.7 Å². The standard InChI is InChI=1S/C19H23NO4/c1-12-4-5-17-13(9-12)10-18(24-17)19(22)20-7-2-3-15(20)14-11-23-8-6-16(14)21/h4-5,9-10,14-16,21H,2-3,6-8,11H2,1H3/t14-,15-,16+/m1/s1. The Hall–Kier alpha value is -1.85. The van der Waals surface area contributed by atoms with E-state index in [2.05, 4.69) is 0 Å². The van der Waals surface area contributed by atoms with Gasteiger partial charge in [0.1, 0.15) is 5.58 Å². The number of aryl methyl sites for hydroxylation is 1. The highest BCUT2D eigenvalue weighted by Gasteiger charge is 2.40. The van der Waals surface area contributed by atoms with Gasteiger partial charge in [0, 0.05) is 30.5 Å². The number of amides is 1. The van der Waals surface area contributed by atoms with Crippen LogP contribution in [0.4, 0.5) is 0 Å². The number of likely N-dealkylation sites (tertiary alicyclic amines) is 1. The van der Waals surface area contributed by atoms with Crippen molar-refractivity contribution in [3.63, 3.8) is 0 Å². The van der Waals surface area contributed by atoms with Crippen LogP contribution in [-0.4, -0.2) is 47.8 Å². The molecule has 0 aliphatic carbocycles. The molecule has 0 spiro atoms. The number of aliphatic hydroxyl groups excluding tert-OH is 1. The minimum Gasteiger partial charge on any atom is -0.451 e. The van der Waals surface area contributed by atoms with Crippen molar-refractivity contribution in [1.29, 1.82) is 0 Å². The van der Waals surface area contributed by atoms with Gasteiger partial charge in [0.05, 0.1) is 12.7 Å². The van der Waals surface area contributed by atoms with Gasteiger partial charge < -0.3 is 19.2 Å². The molecule has 3 atom stereocenters. The van der Waals surface area contributed by atoms with Crippen molar-refractivity contribution in [1.82, 2.24) is 4.90 Å². The number of carbonyl (C=O) groups excluding carboxylic acids is 1. The fourth-order valence-electron chi connectivity index (χ4n) is 4.02. The molecule has 0 radical (unpaired) electrons. The number of benzene rings is 1. The van der Waals surface area contributed by atoms with Crippen molar-refractivity contribution in [3.05, 3.63) is 35.6 Å². The first-order valence-electron chi connectivity index (χ1n) is 8.70. The van der Waals surface area contributed by atoms with Crippen LogP contribution in [0.2, 0.25) is 0 Å². The molecule has 0 bridgehead atoms. The molecule has 0 saturated carbocycles. The van der Waals surface area contributed by atoms with Crippen LogP contribution in [0.25, 0.3) is 11.0 Å². The number of hydrogen-bond acceptors (Lipinski definition) is 4. The molecule has 4 rings (SSSR count). The van der Waals surface area contributed by atoms with Crippen molar-refractivity contribution in [2.24, 2.45) is 5.92 Å². The van der Waals surface area contributed by atoms with E-state index in [1.165, 1.54) is 0 Å². The van der Waals surface area contributed by atoms with Crippen LogP contribution in [0.3, 0.4) is 0 Å². The Labute approximate surface area is 141 Å². The van der Waals surface area contributed by atoms with Crippen molar-refractivity contribution < 1.29 is 19.1 Å². The summed E-state index contributed by atoms with van der Waals surface area (Å²) in [7, 11) is 0. The Morgan fingerprint density at radius 3 is 3.00 bits per heavy atom. The Bertz CT molecular complexity index is 753.